The molecule has 0 saturated carbocycles. The minimum absolute atomic E-state index is 0.311. The first-order valence-electron chi connectivity index (χ1n) is 5.48. The molecule has 2 heteroatoms. The van der Waals surface area contributed by atoms with E-state index in [1.807, 2.05) is 0 Å². The Labute approximate surface area is 100.0 Å². The number of hydrogen-bond donors (Lipinski definition) is 0. The predicted molar refractivity (Wildman–Crippen MR) is 66.6 cm³/mol. The minimum Gasteiger partial charge on any atom is -0.369 e. The molecule has 1 aromatic carbocycles. The van der Waals surface area contributed by atoms with Crippen LogP contribution in [0, 0.1) is 13.8 Å². The van der Waals surface area contributed by atoms with Crippen LogP contribution >= 0.6 is 15.9 Å². The van der Waals surface area contributed by atoms with Crippen molar-refractivity contribution in [3.63, 3.8) is 0 Å². The SMILES string of the molecule is Cc1cc(C)cc(C2CCC(CBr)O2)c1. The highest BCUT2D eigenvalue weighted by Gasteiger charge is 2.25. The summed E-state index contributed by atoms with van der Waals surface area (Å²) in [7, 11) is 0. The van der Waals surface area contributed by atoms with E-state index in [9.17, 15) is 0 Å². The second-order valence-electron chi connectivity index (χ2n) is 4.40. The molecule has 2 unspecified atom stereocenters. The van der Waals surface area contributed by atoms with E-state index < -0.39 is 0 Å². The standard InChI is InChI=1S/C13H17BrO/c1-9-5-10(2)7-11(6-9)13-4-3-12(8-14)15-13/h5-7,12-13H,3-4,8H2,1-2H3. The Morgan fingerprint density at radius 2 is 1.87 bits per heavy atom. The van der Waals surface area contributed by atoms with Gasteiger partial charge in [-0.2, -0.15) is 0 Å². The van der Waals surface area contributed by atoms with E-state index >= 15 is 0 Å². The van der Waals surface area contributed by atoms with Gasteiger partial charge in [-0.25, -0.2) is 0 Å². The summed E-state index contributed by atoms with van der Waals surface area (Å²) in [4.78, 5) is 0. The van der Waals surface area contributed by atoms with Gasteiger partial charge in [0.25, 0.3) is 0 Å². The van der Waals surface area contributed by atoms with Gasteiger partial charge in [0.15, 0.2) is 0 Å². The van der Waals surface area contributed by atoms with Crippen LogP contribution in [0.25, 0.3) is 0 Å². The van der Waals surface area contributed by atoms with Crippen LogP contribution in [0.15, 0.2) is 18.2 Å². The third-order valence-corrected chi connectivity index (χ3v) is 3.62. The number of rotatable bonds is 2. The van der Waals surface area contributed by atoms with Crippen molar-refractivity contribution in [3.05, 3.63) is 34.9 Å². The number of aryl methyl sites for hydroxylation is 2. The third kappa shape index (κ3) is 2.61. The molecule has 1 aliphatic heterocycles. The van der Waals surface area contributed by atoms with Gasteiger partial charge in [0, 0.05) is 5.33 Å². The smallest absolute Gasteiger partial charge is 0.0830 e. The highest BCUT2D eigenvalue weighted by atomic mass is 79.9. The Balaban J connectivity index is 2.16. The van der Waals surface area contributed by atoms with E-state index in [0.717, 1.165) is 11.8 Å². The Morgan fingerprint density at radius 1 is 1.20 bits per heavy atom. The molecule has 1 heterocycles. The summed E-state index contributed by atoms with van der Waals surface area (Å²) in [5, 5.41) is 0.953. The lowest BCUT2D eigenvalue weighted by atomic mass is 10.0. The predicted octanol–water partition coefficient (Wildman–Crippen LogP) is 3.92. The molecular weight excluding hydrogens is 252 g/mol. The van der Waals surface area contributed by atoms with Gasteiger partial charge in [0.2, 0.25) is 0 Å². The molecule has 0 bridgehead atoms. The highest BCUT2D eigenvalue weighted by molar-refractivity contribution is 9.09. The van der Waals surface area contributed by atoms with Crippen molar-refractivity contribution >= 4 is 15.9 Å². The van der Waals surface area contributed by atoms with E-state index in [1.165, 1.54) is 23.1 Å². The monoisotopic (exact) mass is 268 g/mol. The summed E-state index contributed by atoms with van der Waals surface area (Å²) in [5.74, 6) is 0. The summed E-state index contributed by atoms with van der Waals surface area (Å²) < 4.78 is 5.96. The molecule has 2 rings (SSSR count). The van der Waals surface area contributed by atoms with Crippen LogP contribution in [-0.4, -0.2) is 11.4 Å². The van der Waals surface area contributed by atoms with Crippen molar-refractivity contribution in [3.8, 4) is 0 Å². The zero-order valence-electron chi connectivity index (χ0n) is 9.29. The molecule has 2 atom stereocenters. The molecular formula is C13H17BrO. The average molecular weight is 269 g/mol. The van der Waals surface area contributed by atoms with Crippen LogP contribution in [0.1, 0.15) is 35.6 Å². The Hall–Kier alpha value is -0.340. The first-order chi connectivity index (χ1) is 7.19. The van der Waals surface area contributed by atoms with Crippen molar-refractivity contribution < 1.29 is 4.74 Å². The van der Waals surface area contributed by atoms with Gasteiger partial charge in [-0.05, 0) is 32.3 Å². The van der Waals surface area contributed by atoms with Crippen LogP contribution in [0.4, 0.5) is 0 Å². The molecule has 82 valence electrons. The van der Waals surface area contributed by atoms with Crippen LogP contribution in [0.2, 0.25) is 0 Å². The van der Waals surface area contributed by atoms with E-state index in [1.54, 1.807) is 0 Å². The van der Waals surface area contributed by atoms with Gasteiger partial charge in [-0.1, -0.05) is 45.3 Å². The van der Waals surface area contributed by atoms with Crippen molar-refractivity contribution in [2.24, 2.45) is 0 Å². The van der Waals surface area contributed by atoms with Crippen LogP contribution < -0.4 is 0 Å². The van der Waals surface area contributed by atoms with Gasteiger partial charge >= 0.3 is 0 Å². The summed E-state index contributed by atoms with van der Waals surface area (Å²) >= 11 is 3.48. The molecule has 1 saturated heterocycles. The van der Waals surface area contributed by atoms with Gasteiger partial charge < -0.3 is 4.74 Å². The fraction of sp³-hybridized carbons (Fsp3) is 0.538. The Bertz CT molecular complexity index is 328. The number of hydrogen-bond acceptors (Lipinski definition) is 1. The third-order valence-electron chi connectivity index (χ3n) is 2.90. The Morgan fingerprint density at radius 3 is 2.40 bits per heavy atom. The molecule has 1 fully saturated rings. The maximum atomic E-state index is 5.96. The fourth-order valence-electron chi connectivity index (χ4n) is 2.26. The maximum Gasteiger partial charge on any atom is 0.0830 e. The van der Waals surface area contributed by atoms with E-state index in [2.05, 4.69) is 48.0 Å². The number of halogens is 1. The zero-order chi connectivity index (χ0) is 10.8. The van der Waals surface area contributed by atoms with Gasteiger partial charge in [0.05, 0.1) is 12.2 Å². The molecule has 1 aliphatic rings. The quantitative estimate of drug-likeness (QED) is 0.739. The van der Waals surface area contributed by atoms with Crippen LogP contribution in [-0.2, 0) is 4.74 Å². The minimum atomic E-state index is 0.311. The molecule has 0 aliphatic carbocycles. The van der Waals surface area contributed by atoms with Gasteiger partial charge in [-0.3, -0.25) is 0 Å². The average Bonchev–Trinajstić information content (AvgIpc) is 2.64. The lowest BCUT2D eigenvalue weighted by Crippen LogP contribution is -2.07. The molecule has 15 heavy (non-hydrogen) atoms. The van der Waals surface area contributed by atoms with Gasteiger partial charge in [0.1, 0.15) is 0 Å². The van der Waals surface area contributed by atoms with E-state index in [0.29, 0.717) is 12.2 Å². The topological polar surface area (TPSA) is 9.23 Å². The molecule has 0 radical (unpaired) electrons. The molecule has 1 aromatic rings. The second-order valence-corrected chi connectivity index (χ2v) is 5.05. The molecule has 0 spiro atoms. The number of benzene rings is 1. The van der Waals surface area contributed by atoms with Crippen LogP contribution in [0.3, 0.4) is 0 Å². The highest BCUT2D eigenvalue weighted by Crippen LogP contribution is 2.34. The number of ether oxygens (including phenoxy) is 1. The Kier molecular flexibility index (Phi) is 3.47. The largest absolute Gasteiger partial charge is 0.369 e. The van der Waals surface area contributed by atoms with E-state index in [4.69, 9.17) is 4.74 Å². The van der Waals surface area contributed by atoms with Gasteiger partial charge in [-0.15, -0.1) is 0 Å². The fourth-order valence-corrected chi connectivity index (χ4v) is 2.74. The van der Waals surface area contributed by atoms with Crippen molar-refractivity contribution in [1.82, 2.24) is 0 Å². The molecule has 0 aromatic heterocycles. The van der Waals surface area contributed by atoms with Crippen molar-refractivity contribution in [2.45, 2.75) is 38.9 Å². The van der Waals surface area contributed by atoms with E-state index in [-0.39, 0.29) is 0 Å². The first-order valence-corrected chi connectivity index (χ1v) is 6.61. The normalized spacial score (nSPS) is 25.8. The summed E-state index contributed by atoms with van der Waals surface area (Å²) in [6.45, 7) is 4.29. The second kappa shape index (κ2) is 4.67. The summed E-state index contributed by atoms with van der Waals surface area (Å²) in [5.41, 5.74) is 4.00. The van der Waals surface area contributed by atoms with Crippen molar-refractivity contribution in [1.29, 1.82) is 0 Å². The molecule has 1 nitrogen and oxygen atoms in total. The zero-order valence-corrected chi connectivity index (χ0v) is 10.9. The maximum absolute atomic E-state index is 5.96. The molecule has 0 amide bonds. The molecule has 0 N–H and O–H groups in total. The summed E-state index contributed by atoms with van der Waals surface area (Å²) in [6, 6.07) is 6.70. The lowest BCUT2D eigenvalue weighted by molar-refractivity contribution is 0.0588. The van der Waals surface area contributed by atoms with Crippen LogP contribution in [0.5, 0.6) is 0 Å². The summed E-state index contributed by atoms with van der Waals surface area (Å²) in [6.07, 6.45) is 3.03. The first kappa shape index (κ1) is 11.2. The lowest BCUT2D eigenvalue weighted by Gasteiger charge is -2.13. The number of alkyl halides is 1. The van der Waals surface area contributed by atoms with Crippen molar-refractivity contribution in [2.75, 3.05) is 5.33 Å².